The number of rotatable bonds is 8. The number of carbonyl (C=O) groups is 2. The summed E-state index contributed by atoms with van der Waals surface area (Å²) in [5.74, 6) is -1.27. The number of thioether (sulfide) groups is 1. The van der Waals surface area contributed by atoms with E-state index in [1.54, 1.807) is 36.4 Å². The number of hydrogen-bond acceptors (Lipinski definition) is 5. The van der Waals surface area contributed by atoms with Gasteiger partial charge in [0.15, 0.2) is 5.13 Å². The van der Waals surface area contributed by atoms with Crippen LogP contribution in [0.25, 0.3) is 11.3 Å². The Hall–Kier alpha value is -3.20. The summed E-state index contributed by atoms with van der Waals surface area (Å²) in [5.41, 5.74) is 2.17. The van der Waals surface area contributed by atoms with E-state index in [0.717, 1.165) is 16.2 Å². The lowest BCUT2D eigenvalue weighted by molar-refractivity contribution is -0.115. The number of carbonyl (C=O) groups excluding carboxylic acids is 2. The van der Waals surface area contributed by atoms with Crippen molar-refractivity contribution in [2.24, 2.45) is 0 Å². The summed E-state index contributed by atoms with van der Waals surface area (Å²) < 4.78 is 13.9. The Labute approximate surface area is 215 Å². The fourth-order valence-corrected chi connectivity index (χ4v) is 5.11. The lowest BCUT2D eigenvalue weighted by atomic mass is 10.2. The molecule has 4 rings (SSSR count). The van der Waals surface area contributed by atoms with Gasteiger partial charge in [-0.25, -0.2) is 9.37 Å². The van der Waals surface area contributed by atoms with Gasteiger partial charge in [0, 0.05) is 26.5 Å². The van der Waals surface area contributed by atoms with Gasteiger partial charge in [0.05, 0.1) is 16.5 Å². The summed E-state index contributed by atoms with van der Waals surface area (Å²) in [6, 6.07) is 20.3. The lowest BCUT2D eigenvalue weighted by Gasteiger charge is -2.14. The van der Waals surface area contributed by atoms with Crippen LogP contribution in [0.3, 0.4) is 0 Å². The molecule has 35 heavy (non-hydrogen) atoms. The van der Waals surface area contributed by atoms with Gasteiger partial charge in [-0.1, -0.05) is 48.9 Å². The molecule has 0 saturated carbocycles. The van der Waals surface area contributed by atoms with Crippen molar-refractivity contribution in [1.29, 1.82) is 0 Å². The Morgan fingerprint density at radius 2 is 1.83 bits per heavy atom. The van der Waals surface area contributed by atoms with Crippen LogP contribution in [0.15, 0.2) is 83.1 Å². The number of nitrogens with one attached hydrogen (secondary N) is 2. The van der Waals surface area contributed by atoms with Crippen molar-refractivity contribution >= 4 is 57.3 Å². The van der Waals surface area contributed by atoms with Gasteiger partial charge in [-0.15, -0.1) is 23.1 Å². The first-order valence-corrected chi connectivity index (χ1v) is 12.9. The highest BCUT2D eigenvalue weighted by molar-refractivity contribution is 8.00. The molecule has 0 aliphatic carbocycles. The first-order valence-electron chi connectivity index (χ1n) is 10.8. The minimum absolute atomic E-state index is 0.0298. The minimum Gasteiger partial charge on any atom is -0.322 e. The van der Waals surface area contributed by atoms with Gasteiger partial charge in [-0.2, -0.15) is 0 Å². The van der Waals surface area contributed by atoms with Crippen molar-refractivity contribution < 1.29 is 14.0 Å². The van der Waals surface area contributed by atoms with E-state index >= 15 is 0 Å². The molecule has 0 fully saturated rings. The van der Waals surface area contributed by atoms with Gasteiger partial charge in [-0.3, -0.25) is 9.59 Å². The van der Waals surface area contributed by atoms with Crippen LogP contribution >= 0.6 is 34.7 Å². The van der Waals surface area contributed by atoms with E-state index in [1.807, 2.05) is 30.5 Å². The van der Waals surface area contributed by atoms with Gasteiger partial charge < -0.3 is 10.6 Å². The van der Waals surface area contributed by atoms with Crippen molar-refractivity contribution in [2.75, 3.05) is 10.6 Å². The van der Waals surface area contributed by atoms with Crippen molar-refractivity contribution in [1.82, 2.24) is 4.98 Å². The van der Waals surface area contributed by atoms with E-state index in [9.17, 15) is 14.0 Å². The standard InChI is InChI=1S/C26H21ClFN3O2S2/c1-2-23(25(33)31-26-30-22(15-34-26)16-10-12-17(27)13-11-16)35-19-7-5-6-18(14-19)29-24(32)20-8-3-4-9-21(20)28/h3-15,23H,2H2,1H3,(H,29,32)(H,30,31,33). The fourth-order valence-electron chi connectivity index (χ4n) is 3.25. The number of thiazole rings is 1. The summed E-state index contributed by atoms with van der Waals surface area (Å²) >= 11 is 8.69. The zero-order valence-corrected chi connectivity index (χ0v) is 21.0. The quantitative estimate of drug-likeness (QED) is 0.236. The van der Waals surface area contributed by atoms with E-state index in [0.29, 0.717) is 22.3 Å². The maximum absolute atomic E-state index is 13.9. The van der Waals surface area contributed by atoms with Crippen molar-refractivity contribution in [2.45, 2.75) is 23.5 Å². The van der Waals surface area contributed by atoms with Gasteiger partial charge in [0.1, 0.15) is 5.82 Å². The van der Waals surface area contributed by atoms with Crippen molar-refractivity contribution in [3.8, 4) is 11.3 Å². The molecule has 178 valence electrons. The fraction of sp³-hybridized carbons (Fsp3) is 0.115. The highest BCUT2D eigenvalue weighted by Crippen LogP contribution is 2.30. The predicted molar refractivity (Wildman–Crippen MR) is 142 cm³/mol. The second-order valence-electron chi connectivity index (χ2n) is 7.51. The number of hydrogen-bond donors (Lipinski definition) is 2. The molecule has 4 aromatic rings. The Balaban J connectivity index is 1.40. The molecule has 0 aliphatic rings. The summed E-state index contributed by atoms with van der Waals surface area (Å²) in [6.07, 6.45) is 0.595. The third-order valence-corrected chi connectivity index (χ3v) is 7.39. The maximum Gasteiger partial charge on any atom is 0.258 e. The number of amides is 2. The van der Waals surface area contributed by atoms with E-state index < -0.39 is 11.7 Å². The Morgan fingerprint density at radius 3 is 2.57 bits per heavy atom. The molecule has 0 radical (unpaired) electrons. The van der Waals surface area contributed by atoms with Crippen LogP contribution in [0.2, 0.25) is 5.02 Å². The average Bonchev–Trinajstić information content (AvgIpc) is 3.31. The third-order valence-electron chi connectivity index (χ3n) is 5.03. The molecule has 1 atom stereocenters. The second-order valence-corrected chi connectivity index (χ2v) is 10.1. The van der Waals surface area contributed by atoms with Crippen LogP contribution < -0.4 is 10.6 Å². The van der Waals surface area contributed by atoms with Crippen LogP contribution in [-0.2, 0) is 4.79 Å². The van der Waals surface area contributed by atoms with E-state index in [4.69, 9.17) is 11.6 Å². The predicted octanol–water partition coefficient (Wildman–Crippen LogP) is 7.36. The molecule has 0 aliphatic heterocycles. The second kappa shape index (κ2) is 11.5. The van der Waals surface area contributed by atoms with Gasteiger partial charge >= 0.3 is 0 Å². The van der Waals surface area contributed by atoms with Crippen LogP contribution in [0.1, 0.15) is 23.7 Å². The largest absolute Gasteiger partial charge is 0.322 e. The van der Waals surface area contributed by atoms with Crippen LogP contribution in [-0.4, -0.2) is 22.0 Å². The molecule has 9 heteroatoms. The zero-order chi connectivity index (χ0) is 24.8. The molecule has 1 aromatic heterocycles. The molecule has 0 spiro atoms. The monoisotopic (exact) mass is 525 g/mol. The lowest BCUT2D eigenvalue weighted by Crippen LogP contribution is -2.24. The molecular formula is C26H21ClFN3O2S2. The van der Waals surface area contributed by atoms with Crippen LogP contribution in [0.4, 0.5) is 15.2 Å². The highest BCUT2D eigenvalue weighted by Gasteiger charge is 2.20. The molecule has 0 saturated heterocycles. The third kappa shape index (κ3) is 6.48. The molecule has 1 heterocycles. The first-order chi connectivity index (χ1) is 16.9. The normalized spacial score (nSPS) is 11.6. The van der Waals surface area contributed by atoms with Crippen molar-refractivity contribution in [3.63, 3.8) is 0 Å². The number of nitrogens with zero attached hydrogens (tertiary/aromatic N) is 1. The smallest absolute Gasteiger partial charge is 0.258 e. The number of benzene rings is 3. The minimum atomic E-state index is -0.584. The van der Waals surface area contributed by atoms with Gasteiger partial charge in [0.25, 0.3) is 5.91 Å². The molecule has 5 nitrogen and oxygen atoms in total. The Morgan fingerprint density at radius 1 is 1.06 bits per heavy atom. The SMILES string of the molecule is CCC(Sc1cccc(NC(=O)c2ccccc2F)c1)C(=O)Nc1nc(-c2ccc(Cl)cc2)cs1. The first kappa shape index (κ1) is 24.9. The molecular weight excluding hydrogens is 505 g/mol. The number of aromatic nitrogens is 1. The number of anilines is 2. The van der Waals surface area contributed by atoms with E-state index in [-0.39, 0.29) is 16.7 Å². The molecule has 1 unspecified atom stereocenters. The molecule has 2 amide bonds. The molecule has 3 aromatic carbocycles. The van der Waals surface area contributed by atoms with Gasteiger partial charge in [-0.05, 0) is 48.9 Å². The Kier molecular flexibility index (Phi) is 8.17. The summed E-state index contributed by atoms with van der Waals surface area (Å²) in [6.45, 7) is 1.93. The number of halogens is 2. The molecule has 0 bridgehead atoms. The van der Waals surface area contributed by atoms with Crippen molar-refractivity contribution in [3.05, 3.63) is 94.6 Å². The maximum atomic E-state index is 13.9. The topological polar surface area (TPSA) is 71.1 Å². The summed E-state index contributed by atoms with van der Waals surface area (Å²) in [5, 5.41) is 8.30. The molecule has 2 N–H and O–H groups in total. The van der Waals surface area contributed by atoms with Crippen LogP contribution in [0, 0.1) is 5.82 Å². The Bertz CT molecular complexity index is 1340. The van der Waals surface area contributed by atoms with Gasteiger partial charge in [0.2, 0.25) is 5.91 Å². The van der Waals surface area contributed by atoms with E-state index in [1.165, 1.54) is 41.3 Å². The highest BCUT2D eigenvalue weighted by atomic mass is 35.5. The summed E-state index contributed by atoms with van der Waals surface area (Å²) in [4.78, 5) is 30.7. The summed E-state index contributed by atoms with van der Waals surface area (Å²) in [7, 11) is 0. The van der Waals surface area contributed by atoms with E-state index in [2.05, 4.69) is 15.6 Å². The zero-order valence-electron chi connectivity index (χ0n) is 18.6. The average molecular weight is 526 g/mol. The van der Waals surface area contributed by atoms with Crippen LogP contribution in [0.5, 0.6) is 0 Å².